The van der Waals surface area contributed by atoms with Crippen molar-refractivity contribution in [3.63, 3.8) is 0 Å². The van der Waals surface area contributed by atoms with Gasteiger partial charge in [-0.25, -0.2) is 13.6 Å². The van der Waals surface area contributed by atoms with Gasteiger partial charge in [0.05, 0.1) is 5.69 Å². The van der Waals surface area contributed by atoms with Crippen LogP contribution in [0.4, 0.5) is 11.4 Å². The van der Waals surface area contributed by atoms with Crippen LogP contribution in [0.1, 0.15) is 32.6 Å². The largest absolute Gasteiger partial charge is 0.399 e. The van der Waals surface area contributed by atoms with Gasteiger partial charge >= 0.3 is 0 Å². The summed E-state index contributed by atoms with van der Waals surface area (Å²) in [5.74, 6) is 0.782. The number of nitrogen functional groups attached to an aromatic ring is 1. The third kappa shape index (κ3) is 3.84. The molecule has 0 amide bonds. The molecule has 1 aromatic carbocycles. The van der Waals surface area contributed by atoms with Crippen molar-refractivity contribution in [2.75, 3.05) is 11.1 Å². The summed E-state index contributed by atoms with van der Waals surface area (Å²) in [6.45, 7) is 2.09. The summed E-state index contributed by atoms with van der Waals surface area (Å²) in [5, 5.41) is 8.52. The Morgan fingerprint density at radius 1 is 1.42 bits per heavy atom. The van der Waals surface area contributed by atoms with Crippen molar-refractivity contribution >= 4 is 21.4 Å². The number of hydrogen-bond donors (Lipinski definition) is 3. The molecule has 0 bridgehead atoms. The fourth-order valence-corrected chi connectivity index (χ4v) is 2.93. The van der Waals surface area contributed by atoms with Crippen LogP contribution in [0.3, 0.4) is 0 Å². The third-order valence-corrected chi connectivity index (χ3v) is 4.43. The Balaban J connectivity index is 2.22. The smallest absolute Gasteiger partial charge is 0.240 e. The fourth-order valence-electron chi connectivity index (χ4n) is 2.20. The van der Waals surface area contributed by atoms with Gasteiger partial charge in [0.2, 0.25) is 10.0 Å². The van der Waals surface area contributed by atoms with Gasteiger partial charge in [-0.15, -0.1) is 0 Å². The summed E-state index contributed by atoms with van der Waals surface area (Å²) >= 11 is 0. The van der Waals surface area contributed by atoms with Crippen LogP contribution in [0.2, 0.25) is 0 Å². The molecule has 19 heavy (non-hydrogen) atoms. The van der Waals surface area contributed by atoms with Crippen LogP contribution in [-0.4, -0.2) is 14.5 Å². The predicted molar refractivity (Wildman–Crippen MR) is 77.3 cm³/mol. The van der Waals surface area contributed by atoms with Crippen molar-refractivity contribution in [3.05, 3.63) is 18.2 Å². The molecule has 1 saturated carbocycles. The summed E-state index contributed by atoms with van der Waals surface area (Å²) in [4.78, 5) is 0.0711. The first-order valence-corrected chi connectivity index (χ1v) is 8.13. The molecule has 1 aromatic rings. The van der Waals surface area contributed by atoms with Gasteiger partial charge in [0.1, 0.15) is 4.90 Å². The summed E-state index contributed by atoms with van der Waals surface area (Å²) in [7, 11) is -3.77. The molecule has 0 radical (unpaired) electrons. The maximum absolute atomic E-state index is 11.6. The number of sulfonamides is 1. The summed E-state index contributed by atoms with van der Waals surface area (Å²) in [6, 6.07) is 5.05. The number of nitrogens with one attached hydrogen (secondary N) is 1. The highest BCUT2D eigenvalue weighted by Gasteiger charge is 2.25. The SMILES string of the molecule is CCC(CC1CC1)Nc1ccc(N)cc1S(N)(=O)=O. The Morgan fingerprint density at radius 2 is 2.11 bits per heavy atom. The molecule has 1 unspecified atom stereocenters. The molecule has 106 valence electrons. The van der Waals surface area contributed by atoms with Gasteiger partial charge in [0, 0.05) is 11.7 Å². The van der Waals surface area contributed by atoms with E-state index in [9.17, 15) is 8.42 Å². The topological polar surface area (TPSA) is 98.2 Å². The van der Waals surface area contributed by atoms with Crippen LogP contribution in [0, 0.1) is 5.92 Å². The molecule has 0 aromatic heterocycles. The second-order valence-corrected chi connectivity index (χ2v) is 6.76. The maximum Gasteiger partial charge on any atom is 0.240 e. The second-order valence-electron chi connectivity index (χ2n) is 5.23. The predicted octanol–water partition coefficient (Wildman–Crippen LogP) is 1.91. The molecule has 5 N–H and O–H groups in total. The lowest BCUT2D eigenvalue weighted by Gasteiger charge is -2.20. The highest BCUT2D eigenvalue weighted by molar-refractivity contribution is 7.89. The van der Waals surface area contributed by atoms with Crippen LogP contribution in [0.5, 0.6) is 0 Å². The van der Waals surface area contributed by atoms with Gasteiger partial charge in [-0.1, -0.05) is 19.8 Å². The lowest BCUT2D eigenvalue weighted by molar-refractivity contribution is 0.583. The molecule has 1 atom stereocenters. The quantitative estimate of drug-likeness (QED) is 0.694. The van der Waals surface area contributed by atoms with Crippen molar-refractivity contribution in [3.8, 4) is 0 Å². The number of anilines is 2. The highest BCUT2D eigenvalue weighted by Crippen LogP contribution is 2.35. The third-order valence-electron chi connectivity index (χ3n) is 3.48. The van der Waals surface area contributed by atoms with Gasteiger partial charge in [-0.05, 0) is 37.0 Å². The van der Waals surface area contributed by atoms with Crippen LogP contribution in [0.25, 0.3) is 0 Å². The average molecular weight is 283 g/mol. The van der Waals surface area contributed by atoms with Gasteiger partial charge < -0.3 is 11.1 Å². The molecule has 0 aliphatic heterocycles. The molecule has 0 spiro atoms. The Kier molecular flexibility index (Phi) is 4.01. The molecule has 1 aliphatic rings. The van der Waals surface area contributed by atoms with E-state index in [-0.39, 0.29) is 10.9 Å². The number of nitrogens with two attached hydrogens (primary N) is 2. The zero-order chi connectivity index (χ0) is 14.0. The zero-order valence-corrected chi connectivity index (χ0v) is 11.9. The molecular formula is C13H21N3O2S. The first-order valence-electron chi connectivity index (χ1n) is 6.59. The van der Waals surface area contributed by atoms with E-state index in [2.05, 4.69) is 12.2 Å². The van der Waals surface area contributed by atoms with Crippen molar-refractivity contribution in [1.82, 2.24) is 0 Å². The Labute approximate surface area is 114 Å². The highest BCUT2D eigenvalue weighted by atomic mass is 32.2. The molecular weight excluding hydrogens is 262 g/mol. The summed E-state index contributed by atoms with van der Waals surface area (Å²) in [5.41, 5.74) is 6.57. The van der Waals surface area contributed by atoms with E-state index in [1.807, 2.05) is 0 Å². The zero-order valence-electron chi connectivity index (χ0n) is 11.1. The average Bonchev–Trinajstić information content (AvgIpc) is 3.13. The lowest BCUT2D eigenvalue weighted by Crippen LogP contribution is -2.22. The monoisotopic (exact) mass is 283 g/mol. The van der Waals surface area contributed by atoms with Gasteiger partial charge in [0.25, 0.3) is 0 Å². The number of rotatable bonds is 6. The van der Waals surface area contributed by atoms with Crippen molar-refractivity contribution < 1.29 is 8.42 Å². The first kappa shape index (κ1) is 14.1. The van der Waals surface area contributed by atoms with Gasteiger partial charge in [0.15, 0.2) is 0 Å². The molecule has 0 saturated heterocycles. The van der Waals surface area contributed by atoms with Crippen molar-refractivity contribution in [2.24, 2.45) is 11.1 Å². The Hall–Kier alpha value is -1.27. The van der Waals surface area contributed by atoms with E-state index in [0.717, 1.165) is 18.8 Å². The van der Waals surface area contributed by atoms with Crippen molar-refractivity contribution in [2.45, 2.75) is 43.5 Å². The molecule has 6 heteroatoms. The van der Waals surface area contributed by atoms with E-state index >= 15 is 0 Å². The minimum atomic E-state index is -3.77. The number of hydrogen-bond acceptors (Lipinski definition) is 4. The van der Waals surface area contributed by atoms with E-state index in [4.69, 9.17) is 10.9 Å². The molecule has 2 rings (SSSR count). The molecule has 0 heterocycles. The molecule has 1 aliphatic carbocycles. The number of primary sulfonamides is 1. The minimum absolute atomic E-state index is 0.0711. The summed E-state index contributed by atoms with van der Waals surface area (Å²) in [6.07, 6.45) is 4.58. The Bertz CT molecular complexity index is 553. The van der Waals surface area contributed by atoms with E-state index in [1.54, 1.807) is 12.1 Å². The second kappa shape index (κ2) is 5.38. The van der Waals surface area contributed by atoms with Crippen LogP contribution >= 0.6 is 0 Å². The number of benzene rings is 1. The molecule has 5 nitrogen and oxygen atoms in total. The van der Waals surface area contributed by atoms with Gasteiger partial charge in [-0.2, -0.15) is 0 Å². The fraction of sp³-hybridized carbons (Fsp3) is 0.538. The Morgan fingerprint density at radius 3 is 2.63 bits per heavy atom. The lowest BCUT2D eigenvalue weighted by atomic mass is 10.1. The normalized spacial score (nSPS) is 17.2. The van der Waals surface area contributed by atoms with Crippen molar-refractivity contribution in [1.29, 1.82) is 0 Å². The van der Waals surface area contributed by atoms with Gasteiger partial charge in [-0.3, -0.25) is 0 Å². The summed E-state index contributed by atoms with van der Waals surface area (Å²) < 4.78 is 23.2. The minimum Gasteiger partial charge on any atom is -0.399 e. The standard InChI is InChI=1S/C13H21N3O2S/c1-2-11(7-9-3-4-9)16-12-6-5-10(14)8-13(12)19(15,17)18/h5-6,8-9,11,16H,2-4,7,14H2,1H3,(H2,15,17,18). The van der Waals surface area contributed by atoms with E-state index < -0.39 is 10.0 Å². The van der Waals surface area contributed by atoms with Crippen LogP contribution in [0.15, 0.2) is 23.1 Å². The molecule has 1 fully saturated rings. The van der Waals surface area contributed by atoms with Crippen LogP contribution < -0.4 is 16.2 Å². The van der Waals surface area contributed by atoms with E-state index in [0.29, 0.717) is 11.4 Å². The van der Waals surface area contributed by atoms with E-state index in [1.165, 1.54) is 18.9 Å². The maximum atomic E-state index is 11.6. The van der Waals surface area contributed by atoms with Crippen LogP contribution in [-0.2, 0) is 10.0 Å². The first-order chi connectivity index (χ1) is 8.90.